The molecule has 0 spiro atoms. The Kier molecular flexibility index (Phi) is 3.23. The van der Waals surface area contributed by atoms with Gasteiger partial charge in [-0.2, -0.15) is 0 Å². The van der Waals surface area contributed by atoms with Gasteiger partial charge in [-0.15, -0.1) is 0 Å². The Morgan fingerprint density at radius 3 is 2.29 bits per heavy atom. The molecule has 0 saturated carbocycles. The van der Waals surface area contributed by atoms with E-state index in [1.54, 1.807) is 20.8 Å². The van der Waals surface area contributed by atoms with Gasteiger partial charge >= 0.3 is 5.97 Å². The molecule has 0 heterocycles. The summed E-state index contributed by atoms with van der Waals surface area (Å²) in [5, 5.41) is 0. The summed E-state index contributed by atoms with van der Waals surface area (Å²) < 4.78 is 18.0. The first-order chi connectivity index (χ1) is 6.56. The fourth-order valence-electron chi connectivity index (χ4n) is 1.28. The third-order valence-corrected chi connectivity index (χ3v) is 1.95. The summed E-state index contributed by atoms with van der Waals surface area (Å²) in [7, 11) is 0. The standard InChI is InChI=1S/C11H13FO2/c1-4-14-11(13)9-5-7(2)10(12)8(3)6-9/h5-6H,4H2,1-3H3. The molecule has 0 radical (unpaired) electrons. The van der Waals surface area contributed by atoms with Gasteiger partial charge in [-0.1, -0.05) is 0 Å². The Bertz CT molecular complexity index is 335. The van der Waals surface area contributed by atoms with E-state index in [2.05, 4.69) is 0 Å². The van der Waals surface area contributed by atoms with Crippen molar-refractivity contribution in [2.45, 2.75) is 20.8 Å². The van der Waals surface area contributed by atoms with E-state index >= 15 is 0 Å². The zero-order valence-corrected chi connectivity index (χ0v) is 8.56. The fraction of sp³-hybridized carbons (Fsp3) is 0.364. The number of carbonyl (C=O) groups is 1. The Morgan fingerprint density at radius 1 is 1.36 bits per heavy atom. The SMILES string of the molecule is CCOC(=O)c1cc(C)c(F)c(C)c1. The minimum atomic E-state index is -0.404. The van der Waals surface area contributed by atoms with Crippen LogP contribution in [-0.4, -0.2) is 12.6 Å². The van der Waals surface area contributed by atoms with Gasteiger partial charge in [-0.3, -0.25) is 0 Å². The lowest BCUT2D eigenvalue weighted by atomic mass is 10.1. The molecule has 0 aliphatic heterocycles. The minimum Gasteiger partial charge on any atom is -0.462 e. The summed E-state index contributed by atoms with van der Waals surface area (Å²) in [6, 6.07) is 3.00. The monoisotopic (exact) mass is 196 g/mol. The number of aryl methyl sites for hydroxylation is 2. The Hall–Kier alpha value is -1.38. The molecule has 0 saturated heterocycles. The molecule has 14 heavy (non-hydrogen) atoms. The quantitative estimate of drug-likeness (QED) is 0.679. The van der Waals surface area contributed by atoms with E-state index in [9.17, 15) is 9.18 Å². The van der Waals surface area contributed by atoms with Gasteiger partial charge in [0.05, 0.1) is 12.2 Å². The molecule has 3 heteroatoms. The van der Waals surface area contributed by atoms with Crippen molar-refractivity contribution in [2.75, 3.05) is 6.61 Å². The number of hydrogen-bond donors (Lipinski definition) is 0. The normalized spacial score (nSPS) is 10.0. The van der Waals surface area contributed by atoms with Crippen molar-refractivity contribution >= 4 is 5.97 Å². The van der Waals surface area contributed by atoms with Crippen LogP contribution in [0.4, 0.5) is 4.39 Å². The van der Waals surface area contributed by atoms with Crippen molar-refractivity contribution in [1.82, 2.24) is 0 Å². The third-order valence-electron chi connectivity index (χ3n) is 1.95. The van der Waals surface area contributed by atoms with Crippen LogP contribution >= 0.6 is 0 Å². The summed E-state index contributed by atoms with van der Waals surface area (Å²) in [5.74, 6) is -0.670. The van der Waals surface area contributed by atoms with Crippen molar-refractivity contribution in [2.24, 2.45) is 0 Å². The molecule has 1 aromatic rings. The van der Waals surface area contributed by atoms with E-state index in [0.29, 0.717) is 23.3 Å². The molecule has 0 N–H and O–H groups in total. The minimum absolute atomic E-state index is 0.266. The van der Waals surface area contributed by atoms with Crippen LogP contribution in [0, 0.1) is 19.7 Å². The van der Waals surface area contributed by atoms with Crippen LogP contribution in [0.25, 0.3) is 0 Å². The van der Waals surface area contributed by atoms with Gasteiger partial charge in [-0.25, -0.2) is 9.18 Å². The Labute approximate surface area is 82.7 Å². The highest BCUT2D eigenvalue weighted by Gasteiger charge is 2.10. The Morgan fingerprint density at radius 2 is 1.86 bits per heavy atom. The van der Waals surface area contributed by atoms with Crippen LogP contribution in [0.5, 0.6) is 0 Å². The second-order valence-electron chi connectivity index (χ2n) is 3.14. The maximum Gasteiger partial charge on any atom is 0.338 e. The summed E-state index contributed by atoms with van der Waals surface area (Å²) in [5.41, 5.74) is 1.34. The average Bonchev–Trinajstić information content (AvgIpc) is 2.13. The van der Waals surface area contributed by atoms with Crippen LogP contribution < -0.4 is 0 Å². The highest BCUT2D eigenvalue weighted by molar-refractivity contribution is 5.89. The van der Waals surface area contributed by atoms with Gasteiger partial charge < -0.3 is 4.74 Å². The maximum atomic E-state index is 13.2. The maximum absolute atomic E-state index is 13.2. The molecular formula is C11H13FO2. The zero-order valence-electron chi connectivity index (χ0n) is 8.56. The van der Waals surface area contributed by atoms with E-state index in [4.69, 9.17) is 4.74 Å². The summed E-state index contributed by atoms with van der Waals surface area (Å²) in [6.45, 7) is 5.32. The zero-order chi connectivity index (χ0) is 10.7. The number of rotatable bonds is 2. The van der Waals surface area contributed by atoms with Gasteiger partial charge in [-0.05, 0) is 44.0 Å². The smallest absolute Gasteiger partial charge is 0.338 e. The van der Waals surface area contributed by atoms with Crippen molar-refractivity contribution in [1.29, 1.82) is 0 Å². The predicted octanol–water partition coefficient (Wildman–Crippen LogP) is 2.62. The van der Waals surface area contributed by atoms with Crippen LogP contribution in [-0.2, 0) is 4.74 Å². The lowest BCUT2D eigenvalue weighted by Crippen LogP contribution is -2.06. The molecule has 0 fully saturated rings. The number of esters is 1. The molecule has 0 amide bonds. The van der Waals surface area contributed by atoms with Crippen molar-refractivity contribution in [3.8, 4) is 0 Å². The third kappa shape index (κ3) is 2.10. The molecule has 0 aliphatic rings. The molecule has 0 aliphatic carbocycles. The summed E-state index contributed by atoms with van der Waals surface area (Å²) >= 11 is 0. The summed E-state index contributed by atoms with van der Waals surface area (Å²) in [6.07, 6.45) is 0. The van der Waals surface area contributed by atoms with Crippen LogP contribution in [0.3, 0.4) is 0 Å². The van der Waals surface area contributed by atoms with E-state index in [0.717, 1.165) is 0 Å². The number of halogens is 1. The van der Waals surface area contributed by atoms with Crippen molar-refractivity contribution in [3.63, 3.8) is 0 Å². The van der Waals surface area contributed by atoms with E-state index < -0.39 is 5.97 Å². The number of ether oxygens (including phenoxy) is 1. The Balaban J connectivity index is 3.06. The number of carbonyl (C=O) groups excluding carboxylic acids is 1. The first-order valence-electron chi connectivity index (χ1n) is 4.50. The fourth-order valence-corrected chi connectivity index (χ4v) is 1.28. The lowest BCUT2D eigenvalue weighted by Gasteiger charge is -2.05. The molecule has 0 atom stereocenters. The van der Waals surface area contributed by atoms with Crippen LogP contribution in [0.1, 0.15) is 28.4 Å². The van der Waals surface area contributed by atoms with E-state index in [1.165, 1.54) is 12.1 Å². The number of benzene rings is 1. The first kappa shape index (κ1) is 10.7. The molecule has 1 rings (SSSR count). The van der Waals surface area contributed by atoms with Gasteiger partial charge in [0.1, 0.15) is 5.82 Å². The number of hydrogen-bond acceptors (Lipinski definition) is 2. The van der Waals surface area contributed by atoms with E-state index in [1.807, 2.05) is 0 Å². The topological polar surface area (TPSA) is 26.3 Å². The van der Waals surface area contributed by atoms with Crippen molar-refractivity contribution in [3.05, 3.63) is 34.6 Å². The molecular weight excluding hydrogens is 183 g/mol. The van der Waals surface area contributed by atoms with Gasteiger partial charge in [0.15, 0.2) is 0 Å². The highest BCUT2D eigenvalue weighted by atomic mass is 19.1. The van der Waals surface area contributed by atoms with Gasteiger partial charge in [0, 0.05) is 0 Å². The molecule has 0 bridgehead atoms. The molecule has 2 nitrogen and oxygen atoms in total. The predicted molar refractivity (Wildman–Crippen MR) is 51.8 cm³/mol. The molecule has 0 aromatic heterocycles. The first-order valence-corrected chi connectivity index (χ1v) is 4.50. The molecule has 0 unspecified atom stereocenters. The van der Waals surface area contributed by atoms with Gasteiger partial charge in [0.2, 0.25) is 0 Å². The largest absolute Gasteiger partial charge is 0.462 e. The van der Waals surface area contributed by atoms with Gasteiger partial charge in [0.25, 0.3) is 0 Å². The van der Waals surface area contributed by atoms with E-state index in [-0.39, 0.29) is 5.82 Å². The van der Waals surface area contributed by atoms with Crippen LogP contribution in [0.15, 0.2) is 12.1 Å². The average molecular weight is 196 g/mol. The summed E-state index contributed by atoms with van der Waals surface area (Å²) in [4.78, 5) is 11.3. The molecule has 76 valence electrons. The van der Waals surface area contributed by atoms with Crippen LogP contribution in [0.2, 0.25) is 0 Å². The van der Waals surface area contributed by atoms with Crippen molar-refractivity contribution < 1.29 is 13.9 Å². The second-order valence-corrected chi connectivity index (χ2v) is 3.14. The lowest BCUT2D eigenvalue weighted by molar-refractivity contribution is 0.0526. The highest BCUT2D eigenvalue weighted by Crippen LogP contribution is 2.15. The second kappa shape index (κ2) is 4.22. The molecule has 1 aromatic carbocycles.